The van der Waals surface area contributed by atoms with Gasteiger partial charge in [-0.2, -0.15) is 0 Å². The van der Waals surface area contributed by atoms with Crippen LogP contribution in [0.5, 0.6) is 0 Å². The van der Waals surface area contributed by atoms with Crippen LogP contribution < -0.4 is 11.1 Å². The number of hydrogen-bond donors (Lipinski definition) is 0. The second-order valence-electron chi connectivity index (χ2n) is 9.61. The fourth-order valence-corrected chi connectivity index (χ4v) is 5.99. The summed E-state index contributed by atoms with van der Waals surface area (Å²) in [7, 11) is -3.96. The first-order valence-electron chi connectivity index (χ1n) is 13.3. The van der Waals surface area contributed by atoms with E-state index in [1.807, 2.05) is 0 Å². The third-order valence-corrected chi connectivity index (χ3v) is 8.43. The first-order valence-corrected chi connectivity index (χ1v) is 14.1. The molecule has 2 atom stereocenters. The molecule has 1 fully saturated rings. The Morgan fingerprint density at radius 1 is 1.08 bits per heavy atom. The van der Waals surface area contributed by atoms with Crippen LogP contribution in [-0.4, -0.2) is 28.8 Å². The summed E-state index contributed by atoms with van der Waals surface area (Å²) in [6.07, 6.45) is 2.51. The topological polar surface area (TPSA) is 91.0 Å². The second kappa shape index (κ2) is 9.53. The molecule has 7 nitrogen and oxygen atoms in total. The monoisotopic (exact) mass is 574 g/mol. The number of pyridine rings is 3. The quantitative estimate of drug-likeness (QED) is 0.341. The fraction of sp³-hybridized carbons (Fsp3) is 0.250. The Kier molecular flexibility index (Phi) is 5.69. The van der Waals surface area contributed by atoms with Crippen molar-refractivity contribution >= 4 is 21.4 Å². The van der Waals surface area contributed by atoms with Crippen molar-refractivity contribution in [3.05, 3.63) is 109 Å². The SMILES string of the molecule is [2H]C([2H])([2H])n1c([C@H]2C[C@@H]2c2cc(C)n(-c3c(C)cnc(-c4cccc(S(C)(=O)=O)c4F)c3F)c(=O)c2Cl)cccc1=O. The Balaban J connectivity index is 1.62. The van der Waals surface area contributed by atoms with Gasteiger partial charge in [0.05, 0.1) is 5.69 Å². The van der Waals surface area contributed by atoms with Gasteiger partial charge in [-0.3, -0.25) is 19.1 Å². The van der Waals surface area contributed by atoms with E-state index in [4.69, 9.17) is 15.7 Å². The van der Waals surface area contributed by atoms with Gasteiger partial charge < -0.3 is 4.57 Å². The van der Waals surface area contributed by atoms with E-state index in [-0.39, 0.29) is 33.8 Å². The van der Waals surface area contributed by atoms with Gasteiger partial charge in [0, 0.05) is 52.5 Å². The molecule has 1 saturated carbocycles. The summed E-state index contributed by atoms with van der Waals surface area (Å²) in [5, 5.41) is -0.214. The first-order chi connectivity index (χ1) is 19.5. The average Bonchev–Trinajstić information content (AvgIpc) is 3.68. The van der Waals surface area contributed by atoms with Gasteiger partial charge in [0.15, 0.2) is 21.5 Å². The summed E-state index contributed by atoms with van der Waals surface area (Å²) in [5.41, 5.74) is -1.30. The summed E-state index contributed by atoms with van der Waals surface area (Å²) in [5.74, 6) is -2.97. The van der Waals surface area contributed by atoms with E-state index in [2.05, 4.69) is 4.98 Å². The highest BCUT2D eigenvalue weighted by Gasteiger charge is 2.43. The highest BCUT2D eigenvalue weighted by atomic mass is 35.5. The third kappa shape index (κ3) is 4.51. The van der Waals surface area contributed by atoms with Gasteiger partial charge in [-0.25, -0.2) is 17.2 Å². The number of aryl methyl sites for hydroxylation is 2. The van der Waals surface area contributed by atoms with Crippen molar-refractivity contribution in [3.63, 3.8) is 0 Å². The maximum absolute atomic E-state index is 16.1. The molecule has 5 rings (SSSR count). The van der Waals surface area contributed by atoms with Crippen LogP contribution in [0.2, 0.25) is 5.02 Å². The predicted octanol–water partition coefficient (Wildman–Crippen LogP) is 4.82. The molecule has 1 aliphatic carbocycles. The minimum Gasteiger partial charge on any atom is -0.315 e. The smallest absolute Gasteiger partial charge is 0.274 e. The van der Waals surface area contributed by atoms with Crippen molar-refractivity contribution in [1.82, 2.24) is 14.1 Å². The van der Waals surface area contributed by atoms with Gasteiger partial charge in [-0.15, -0.1) is 0 Å². The fourth-order valence-electron chi connectivity index (χ4n) is 4.95. The van der Waals surface area contributed by atoms with Crippen molar-refractivity contribution in [3.8, 4) is 16.9 Å². The molecule has 11 heteroatoms. The van der Waals surface area contributed by atoms with Gasteiger partial charge in [-0.05, 0) is 61.6 Å². The van der Waals surface area contributed by atoms with Crippen LogP contribution in [0.3, 0.4) is 0 Å². The van der Waals surface area contributed by atoms with Gasteiger partial charge in [0.25, 0.3) is 5.56 Å². The lowest BCUT2D eigenvalue weighted by atomic mass is 10.1. The molecule has 0 radical (unpaired) electrons. The van der Waals surface area contributed by atoms with E-state index in [0.29, 0.717) is 17.7 Å². The van der Waals surface area contributed by atoms with Crippen LogP contribution in [0.25, 0.3) is 16.9 Å². The van der Waals surface area contributed by atoms with Crippen LogP contribution in [-0.2, 0) is 16.8 Å². The van der Waals surface area contributed by atoms with E-state index in [9.17, 15) is 18.0 Å². The van der Waals surface area contributed by atoms with E-state index in [0.717, 1.165) is 27.5 Å². The summed E-state index contributed by atoms with van der Waals surface area (Å²) >= 11 is 6.55. The van der Waals surface area contributed by atoms with Crippen LogP contribution in [0.1, 0.15) is 44.9 Å². The van der Waals surface area contributed by atoms with Gasteiger partial charge >= 0.3 is 0 Å². The normalized spacial score (nSPS) is 18.4. The van der Waals surface area contributed by atoms with Crippen LogP contribution in [0.4, 0.5) is 8.78 Å². The largest absolute Gasteiger partial charge is 0.315 e. The van der Waals surface area contributed by atoms with Crippen LogP contribution in [0.15, 0.2) is 63.1 Å². The molecule has 1 aliphatic rings. The molecule has 4 aromatic rings. The maximum atomic E-state index is 16.1. The van der Waals surface area contributed by atoms with E-state index < -0.39 is 55.7 Å². The Morgan fingerprint density at radius 3 is 2.49 bits per heavy atom. The second-order valence-corrected chi connectivity index (χ2v) is 12.0. The van der Waals surface area contributed by atoms with E-state index >= 15 is 8.78 Å². The van der Waals surface area contributed by atoms with Crippen molar-refractivity contribution < 1.29 is 21.3 Å². The molecule has 202 valence electrons. The lowest BCUT2D eigenvalue weighted by molar-refractivity contribution is 0.569. The van der Waals surface area contributed by atoms with Gasteiger partial charge in [-0.1, -0.05) is 23.7 Å². The average molecular weight is 575 g/mol. The minimum absolute atomic E-state index is 0.214. The first kappa shape index (κ1) is 23.3. The summed E-state index contributed by atoms with van der Waals surface area (Å²) in [6.45, 7) is 0.369. The number of halogens is 3. The van der Waals surface area contributed by atoms with Crippen molar-refractivity contribution in [1.29, 1.82) is 0 Å². The molecule has 0 aliphatic heterocycles. The lowest BCUT2D eigenvalue weighted by Gasteiger charge is -2.18. The third-order valence-electron chi connectivity index (χ3n) is 6.93. The molecular weight excluding hydrogens is 548 g/mol. The van der Waals surface area contributed by atoms with Gasteiger partial charge in [0.1, 0.15) is 15.6 Å². The molecule has 0 N–H and O–H groups in total. The number of hydrogen-bond acceptors (Lipinski definition) is 5. The Bertz CT molecular complexity index is 2010. The highest BCUT2D eigenvalue weighted by Crippen LogP contribution is 2.55. The number of aromatic nitrogens is 3. The number of sulfone groups is 1. The highest BCUT2D eigenvalue weighted by molar-refractivity contribution is 7.90. The molecule has 1 aromatic carbocycles. The van der Waals surface area contributed by atoms with Crippen molar-refractivity contribution in [2.24, 2.45) is 6.98 Å². The molecule has 39 heavy (non-hydrogen) atoms. The maximum Gasteiger partial charge on any atom is 0.274 e. The Morgan fingerprint density at radius 2 is 1.79 bits per heavy atom. The van der Waals surface area contributed by atoms with E-state index in [1.165, 1.54) is 31.3 Å². The van der Waals surface area contributed by atoms with Crippen LogP contribution >= 0.6 is 11.6 Å². The lowest BCUT2D eigenvalue weighted by Crippen LogP contribution is -2.25. The molecule has 0 spiro atoms. The zero-order chi connectivity index (χ0) is 30.9. The summed E-state index contributed by atoms with van der Waals surface area (Å²) in [4.78, 5) is 29.3. The summed E-state index contributed by atoms with van der Waals surface area (Å²) in [6, 6.07) is 9.30. The molecule has 0 amide bonds. The number of nitrogens with zero attached hydrogens (tertiary/aromatic N) is 3. The van der Waals surface area contributed by atoms with Crippen molar-refractivity contribution in [2.45, 2.75) is 37.0 Å². The standard InChI is InChI=1S/C28H24ClF2N3O4S/c1-14-13-32-26(16-7-5-9-21(24(16)30)39(4,37)38)25(31)27(14)34-15(2)11-19(23(29)28(34)36)17-12-18(17)20-8-6-10-22(35)33(20)3/h5-11,13,17-18H,12H2,1-4H3/t17-,18-/m0/s1/i3D3. The number of rotatable bonds is 5. The molecular formula is C28H24ClF2N3O4S. The Labute approximate surface area is 232 Å². The van der Waals surface area contributed by atoms with E-state index in [1.54, 1.807) is 19.1 Å². The zero-order valence-corrected chi connectivity index (χ0v) is 22.6. The minimum atomic E-state index is -3.96. The predicted molar refractivity (Wildman–Crippen MR) is 145 cm³/mol. The molecule has 0 unspecified atom stereocenters. The zero-order valence-electron chi connectivity index (χ0n) is 24.0. The molecule has 3 heterocycles. The number of benzene rings is 1. The molecule has 0 saturated heterocycles. The Hall–Kier alpha value is -3.63. The molecule has 3 aromatic heterocycles. The van der Waals surface area contributed by atoms with Crippen LogP contribution in [0, 0.1) is 25.5 Å². The molecule has 0 bridgehead atoms. The van der Waals surface area contributed by atoms with Gasteiger partial charge in [0.2, 0.25) is 5.56 Å². The summed E-state index contributed by atoms with van der Waals surface area (Å²) < 4.78 is 80.5. The van der Waals surface area contributed by atoms with Crippen molar-refractivity contribution in [2.75, 3.05) is 6.26 Å².